The molecular formula is C20H38O4S2. The summed E-state index contributed by atoms with van der Waals surface area (Å²) >= 11 is 4.01. The molecule has 0 aliphatic heterocycles. The first kappa shape index (κ1) is 25.6. The molecule has 0 saturated heterocycles. The lowest BCUT2D eigenvalue weighted by molar-refractivity contribution is -0.142. The fourth-order valence-corrected chi connectivity index (χ4v) is 5.03. The molecule has 0 rings (SSSR count). The maximum Gasteiger partial charge on any atom is 0.305 e. The van der Waals surface area contributed by atoms with E-state index in [1.54, 1.807) is 0 Å². The third-order valence-electron chi connectivity index (χ3n) is 4.54. The molecule has 0 spiro atoms. The van der Waals surface area contributed by atoms with E-state index < -0.39 is 0 Å². The molecule has 0 N–H and O–H groups in total. The summed E-state index contributed by atoms with van der Waals surface area (Å²) in [6.45, 7) is 10.9. The summed E-state index contributed by atoms with van der Waals surface area (Å²) < 4.78 is 9.75. The Morgan fingerprint density at radius 2 is 1.31 bits per heavy atom. The Hall–Kier alpha value is -0.360. The van der Waals surface area contributed by atoms with Gasteiger partial charge in [-0.2, -0.15) is 23.5 Å². The number of esters is 2. The number of rotatable bonds is 15. The van der Waals surface area contributed by atoms with Crippen molar-refractivity contribution in [2.24, 2.45) is 10.8 Å². The second-order valence-electron chi connectivity index (χ2n) is 8.22. The molecule has 0 aliphatic rings. The molecule has 0 aromatic heterocycles. The van der Waals surface area contributed by atoms with E-state index in [1.165, 1.54) is 25.5 Å². The highest BCUT2D eigenvalue weighted by Crippen LogP contribution is 2.29. The van der Waals surface area contributed by atoms with Crippen molar-refractivity contribution in [2.75, 3.05) is 36.7 Å². The molecule has 0 bridgehead atoms. The van der Waals surface area contributed by atoms with Crippen LogP contribution >= 0.6 is 23.5 Å². The third-order valence-corrected chi connectivity index (χ3v) is 6.77. The Morgan fingerprint density at radius 1 is 0.808 bits per heavy atom. The van der Waals surface area contributed by atoms with E-state index in [1.807, 2.05) is 23.5 Å². The van der Waals surface area contributed by atoms with Crippen LogP contribution in [0.5, 0.6) is 0 Å². The van der Waals surface area contributed by atoms with Gasteiger partial charge in [-0.15, -0.1) is 0 Å². The van der Waals surface area contributed by atoms with Crippen LogP contribution in [-0.2, 0) is 19.1 Å². The predicted octanol–water partition coefficient (Wildman–Crippen LogP) is 5.19. The molecule has 154 valence electrons. The largest absolute Gasteiger partial charge is 0.469 e. The van der Waals surface area contributed by atoms with Gasteiger partial charge in [-0.1, -0.05) is 27.7 Å². The smallest absolute Gasteiger partial charge is 0.305 e. The number of hydrogen-bond acceptors (Lipinski definition) is 6. The minimum absolute atomic E-state index is 0.113. The Labute approximate surface area is 168 Å². The van der Waals surface area contributed by atoms with Gasteiger partial charge in [0.15, 0.2) is 0 Å². The first-order chi connectivity index (χ1) is 12.1. The highest BCUT2D eigenvalue weighted by Gasteiger charge is 2.19. The lowest BCUT2D eigenvalue weighted by atomic mass is 9.85. The SMILES string of the molecule is COC(=O)CCC(C)(C)CCSCCSCCC(C)(C)CCOC(C)=O. The highest BCUT2D eigenvalue weighted by molar-refractivity contribution is 8.02. The van der Waals surface area contributed by atoms with Gasteiger partial charge in [0.1, 0.15) is 0 Å². The Balaban J connectivity index is 3.63. The van der Waals surface area contributed by atoms with Crippen molar-refractivity contribution in [1.82, 2.24) is 0 Å². The van der Waals surface area contributed by atoms with Gasteiger partial charge >= 0.3 is 11.9 Å². The molecule has 4 nitrogen and oxygen atoms in total. The molecule has 26 heavy (non-hydrogen) atoms. The Bertz CT molecular complexity index is 409. The van der Waals surface area contributed by atoms with E-state index in [0.717, 1.165) is 37.2 Å². The second-order valence-corrected chi connectivity index (χ2v) is 10.7. The molecule has 0 fully saturated rings. The third kappa shape index (κ3) is 15.9. The van der Waals surface area contributed by atoms with Gasteiger partial charge in [-0.3, -0.25) is 9.59 Å². The monoisotopic (exact) mass is 406 g/mol. The first-order valence-corrected chi connectivity index (χ1v) is 11.7. The summed E-state index contributed by atoms with van der Waals surface area (Å²) in [6, 6.07) is 0. The van der Waals surface area contributed by atoms with Crippen molar-refractivity contribution >= 4 is 35.5 Å². The van der Waals surface area contributed by atoms with Gasteiger partial charge in [-0.25, -0.2) is 0 Å². The van der Waals surface area contributed by atoms with Crippen molar-refractivity contribution in [3.63, 3.8) is 0 Å². The van der Waals surface area contributed by atoms with Gasteiger partial charge in [0, 0.05) is 24.9 Å². The number of methoxy groups -OCH3 is 1. The molecule has 0 aliphatic carbocycles. The molecule has 6 heteroatoms. The molecule has 0 heterocycles. The summed E-state index contributed by atoms with van der Waals surface area (Å²) in [4.78, 5) is 22.0. The molecular weight excluding hydrogens is 368 g/mol. The van der Waals surface area contributed by atoms with E-state index in [-0.39, 0.29) is 22.8 Å². The second kappa shape index (κ2) is 13.8. The average molecular weight is 407 g/mol. The van der Waals surface area contributed by atoms with Crippen LogP contribution in [0.4, 0.5) is 0 Å². The van der Waals surface area contributed by atoms with E-state index in [0.29, 0.717) is 13.0 Å². The number of hydrogen-bond donors (Lipinski definition) is 0. The van der Waals surface area contributed by atoms with Crippen molar-refractivity contribution in [2.45, 2.75) is 66.7 Å². The van der Waals surface area contributed by atoms with Gasteiger partial charge in [0.25, 0.3) is 0 Å². The van der Waals surface area contributed by atoms with E-state index in [4.69, 9.17) is 9.47 Å². The van der Waals surface area contributed by atoms with E-state index in [2.05, 4.69) is 27.7 Å². The quantitative estimate of drug-likeness (QED) is 0.275. The predicted molar refractivity (Wildman–Crippen MR) is 114 cm³/mol. The average Bonchev–Trinajstić information content (AvgIpc) is 2.54. The van der Waals surface area contributed by atoms with E-state index in [9.17, 15) is 9.59 Å². The van der Waals surface area contributed by atoms with Gasteiger partial charge in [0.2, 0.25) is 0 Å². The molecule has 0 saturated carbocycles. The van der Waals surface area contributed by atoms with E-state index >= 15 is 0 Å². The summed E-state index contributed by atoms with van der Waals surface area (Å²) in [5.74, 6) is 4.33. The number of thioether (sulfide) groups is 2. The minimum atomic E-state index is -0.194. The lowest BCUT2D eigenvalue weighted by Gasteiger charge is -2.24. The molecule has 0 radical (unpaired) electrons. The van der Waals surface area contributed by atoms with Crippen LogP contribution in [0.25, 0.3) is 0 Å². The zero-order valence-electron chi connectivity index (χ0n) is 17.5. The normalized spacial score (nSPS) is 12.1. The standard InChI is InChI=1S/C20H38O4S2/c1-17(21)24-12-9-20(4,5)11-14-26-16-15-25-13-10-19(2,3)8-7-18(22)23-6/h7-16H2,1-6H3. The Kier molecular flexibility index (Phi) is 13.6. The van der Waals surface area contributed by atoms with Crippen molar-refractivity contribution in [1.29, 1.82) is 0 Å². The molecule has 0 aromatic carbocycles. The molecule has 0 atom stereocenters. The summed E-state index contributed by atoms with van der Waals surface area (Å²) in [7, 11) is 1.45. The van der Waals surface area contributed by atoms with Crippen LogP contribution in [0, 0.1) is 10.8 Å². The van der Waals surface area contributed by atoms with Crippen molar-refractivity contribution in [3.8, 4) is 0 Å². The maximum absolute atomic E-state index is 11.2. The van der Waals surface area contributed by atoms with Crippen LogP contribution in [0.2, 0.25) is 0 Å². The lowest BCUT2D eigenvalue weighted by Crippen LogP contribution is -2.17. The van der Waals surface area contributed by atoms with Crippen LogP contribution in [0.1, 0.15) is 66.7 Å². The maximum atomic E-state index is 11.2. The molecule has 0 unspecified atom stereocenters. The fourth-order valence-electron chi connectivity index (χ4n) is 2.28. The van der Waals surface area contributed by atoms with Crippen LogP contribution in [-0.4, -0.2) is 48.7 Å². The molecule has 0 amide bonds. The fraction of sp³-hybridized carbons (Fsp3) is 0.900. The van der Waals surface area contributed by atoms with Crippen LogP contribution in [0.15, 0.2) is 0 Å². The van der Waals surface area contributed by atoms with Crippen LogP contribution < -0.4 is 0 Å². The number of carbonyl (C=O) groups is 2. The summed E-state index contributed by atoms with van der Waals surface area (Å²) in [5.41, 5.74) is 0.416. The summed E-state index contributed by atoms with van der Waals surface area (Å²) in [6.07, 6.45) is 4.59. The number of ether oxygens (including phenoxy) is 2. The topological polar surface area (TPSA) is 52.6 Å². The van der Waals surface area contributed by atoms with Crippen LogP contribution in [0.3, 0.4) is 0 Å². The summed E-state index contributed by atoms with van der Waals surface area (Å²) in [5, 5.41) is 0. The zero-order valence-corrected chi connectivity index (χ0v) is 19.2. The molecule has 0 aromatic rings. The zero-order chi connectivity index (χ0) is 20.1. The minimum Gasteiger partial charge on any atom is -0.469 e. The highest BCUT2D eigenvalue weighted by atomic mass is 32.2. The van der Waals surface area contributed by atoms with Crippen molar-refractivity contribution < 1.29 is 19.1 Å². The van der Waals surface area contributed by atoms with Crippen molar-refractivity contribution in [3.05, 3.63) is 0 Å². The van der Waals surface area contributed by atoms with Gasteiger partial charge in [-0.05, 0) is 48.0 Å². The first-order valence-electron chi connectivity index (χ1n) is 9.44. The number of carbonyl (C=O) groups excluding carboxylic acids is 2. The van der Waals surface area contributed by atoms with Gasteiger partial charge < -0.3 is 9.47 Å². The Morgan fingerprint density at radius 3 is 1.77 bits per heavy atom. The van der Waals surface area contributed by atoms with Gasteiger partial charge in [0.05, 0.1) is 13.7 Å².